The van der Waals surface area contributed by atoms with Gasteiger partial charge in [0, 0.05) is 41.7 Å². The molecule has 10 nitrogen and oxygen atoms in total. The van der Waals surface area contributed by atoms with Crippen LogP contribution in [0.5, 0.6) is 11.6 Å². The van der Waals surface area contributed by atoms with Gasteiger partial charge in [0.15, 0.2) is 11.6 Å². The first-order valence-corrected chi connectivity index (χ1v) is 14.6. The number of hydrogen-bond donors (Lipinski definition) is 1. The van der Waals surface area contributed by atoms with Gasteiger partial charge in [0.25, 0.3) is 0 Å². The van der Waals surface area contributed by atoms with Crippen molar-refractivity contribution in [3.05, 3.63) is 71.6 Å². The Morgan fingerprint density at radius 1 is 0.915 bits per heavy atom. The molecule has 0 aliphatic heterocycles. The smallest absolute Gasteiger partial charge is 0.475 e. The quantitative estimate of drug-likeness (QED) is 0.0485. The van der Waals surface area contributed by atoms with Crippen LogP contribution in [0.1, 0.15) is 42.6 Å². The second-order valence-corrected chi connectivity index (χ2v) is 10.5. The SMILES string of the molecule is CC(C)C(=O)OCOC(=O)c1ccc2c(c1)nc(OCCOCCCCNCc1cc(F)c(OC(F)(F)F)c(F)c1)c1ccncc12. The summed E-state index contributed by atoms with van der Waals surface area (Å²) in [6.07, 6.45) is -0.596. The lowest BCUT2D eigenvalue weighted by molar-refractivity contribution is -0.276. The van der Waals surface area contributed by atoms with Gasteiger partial charge in [0.1, 0.15) is 6.61 Å². The lowest BCUT2D eigenvalue weighted by atomic mass is 10.1. The van der Waals surface area contributed by atoms with Crippen molar-refractivity contribution in [1.82, 2.24) is 15.3 Å². The van der Waals surface area contributed by atoms with Crippen molar-refractivity contribution in [3.8, 4) is 11.6 Å². The molecule has 0 saturated heterocycles. The summed E-state index contributed by atoms with van der Waals surface area (Å²) in [7, 11) is 0. The van der Waals surface area contributed by atoms with Gasteiger partial charge in [0.2, 0.25) is 18.4 Å². The Kier molecular flexibility index (Phi) is 12.2. The molecule has 0 bridgehead atoms. The number of nitrogens with zero attached hydrogens (tertiary/aromatic N) is 2. The minimum atomic E-state index is -5.20. The van der Waals surface area contributed by atoms with Crippen LogP contribution in [0.25, 0.3) is 21.7 Å². The van der Waals surface area contributed by atoms with E-state index in [1.165, 1.54) is 0 Å². The number of nitrogens with one attached hydrogen (secondary N) is 1. The number of unbranched alkanes of at least 4 members (excludes halogenated alkanes) is 1. The van der Waals surface area contributed by atoms with Crippen molar-refractivity contribution in [2.45, 2.75) is 39.6 Å². The van der Waals surface area contributed by atoms with Crippen molar-refractivity contribution in [3.63, 3.8) is 0 Å². The average Bonchev–Trinajstić information content (AvgIpc) is 3.02. The summed E-state index contributed by atoms with van der Waals surface area (Å²) < 4.78 is 89.4. The Morgan fingerprint density at radius 3 is 2.40 bits per heavy atom. The molecule has 47 heavy (non-hydrogen) atoms. The maximum atomic E-state index is 13.8. The normalized spacial score (nSPS) is 11.7. The second-order valence-electron chi connectivity index (χ2n) is 10.5. The van der Waals surface area contributed by atoms with E-state index >= 15 is 0 Å². The highest BCUT2D eigenvalue weighted by atomic mass is 19.4. The van der Waals surface area contributed by atoms with Gasteiger partial charge in [-0.15, -0.1) is 13.2 Å². The first-order chi connectivity index (χ1) is 22.4. The number of carbonyl (C=O) groups excluding carboxylic acids is 2. The maximum absolute atomic E-state index is 13.8. The zero-order valence-corrected chi connectivity index (χ0v) is 25.5. The molecule has 0 aliphatic carbocycles. The molecular weight excluding hydrogens is 633 g/mol. The zero-order valence-electron chi connectivity index (χ0n) is 25.5. The van der Waals surface area contributed by atoms with Crippen LogP contribution >= 0.6 is 0 Å². The predicted molar refractivity (Wildman–Crippen MR) is 159 cm³/mol. The third-order valence-electron chi connectivity index (χ3n) is 6.62. The third kappa shape index (κ3) is 10.2. The van der Waals surface area contributed by atoms with Gasteiger partial charge in [0.05, 0.1) is 23.6 Å². The number of esters is 2. The van der Waals surface area contributed by atoms with Crippen LogP contribution in [0.4, 0.5) is 22.0 Å². The van der Waals surface area contributed by atoms with Gasteiger partial charge < -0.3 is 29.0 Å². The topological polar surface area (TPSA) is 118 Å². The molecule has 0 amide bonds. The minimum Gasteiger partial charge on any atom is -0.475 e. The van der Waals surface area contributed by atoms with Gasteiger partial charge in [-0.2, -0.15) is 0 Å². The van der Waals surface area contributed by atoms with E-state index < -0.39 is 42.5 Å². The Morgan fingerprint density at radius 2 is 1.68 bits per heavy atom. The Bertz CT molecular complexity index is 1680. The van der Waals surface area contributed by atoms with Gasteiger partial charge in [-0.05, 0) is 55.3 Å². The Hall–Kier alpha value is -4.63. The molecule has 2 heterocycles. The number of rotatable bonds is 16. The lowest BCUT2D eigenvalue weighted by Gasteiger charge is -2.12. The summed E-state index contributed by atoms with van der Waals surface area (Å²) in [4.78, 5) is 32.9. The highest BCUT2D eigenvalue weighted by molar-refractivity contribution is 6.08. The molecule has 4 aromatic rings. The van der Waals surface area contributed by atoms with Crippen LogP contribution in [0.2, 0.25) is 0 Å². The molecule has 0 atom stereocenters. The molecule has 4 rings (SSSR count). The van der Waals surface area contributed by atoms with Crippen LogP contribution in [-0.4, -0.2) is 61.4 Å². The molecule has 0 radical (unpaired) electrons. The number of fused-ring (bicyclic) bond motifs is 3. The maximum Gasteiger partial charge on any atom is 0.573 e. The standard InChI is InChI=1S/C32H32F5N3O7/c1-19(2)30(41)45-18-46-31(42)21-5-6-22-24-17-39-9-7-23(24)29(40-27(22)15-21)44-12-11-43-10-4-3-8-38-16-20-13-25(33)28(26(34)14-20)47-32(35,36)37/h5-7,9,13-15,17,19,38H,3-4,8,10-12,16,18H2,1-2H3. The zero-order chi connectivity index (χ0) is 34.0. The minimum absolute atomic E-state index is 0.0491. The van der Waals surface area contributed by atoms with E-state index in [1.807, 2.05) is 0 Å². The molecule has 252 valence electrons. The molecule has 1 N–H and O–H groups in total. The summed E-state index contributed by atoms with van der Waals surface area (Å²) >= 11 is 0. The van der Waals surface area contributed by atoms with Crippen LogP contribution < -0.4 is 14.8 Å². The fraction of sp³-hybridized carbons (Fsp3) is 0.375. The van der Waals surface area contributed by atoms with Crippen molar-refractivity contribution in [2.75, 3.05) is 33.2 Å². The van der Waals surface area contributed by atoms with Crippen molar-refractivity contribution < 1.29 is 55.2 Å². The Labute approximate surface area is 266 Å². The van der Waals surface area contributed by atoms with E-state index in [-0.39, 0.29) is 36.8 Å². The molecule has 15 heteroatoms. The van der Waals surface area contributed by atoms with Crippen molar-refractivity contribution in [1.29, 1.82) is 0 Å². The van der Waals surface area contributed by atoms with E-state index in [1.54, 1.807) is 50.5 Å². The van der Waals surface area contributed by atoms with Gasteiger partial charge >= 0.3 is 18.3 Å². The van der Waals surface area contributed by atoms with Crippen molar-refractivity contribution in [2.24, 2.45) is 5.92 Å². The molecule has 0 unspecified atom stereocenters. The van der Waals surface area contributed by atoms with Crippen LogP contribution in [0, 0.1) is 17.6 Å². The van der Waals surface area contributed by atoms with Crippen LogP contribution in [-0.2, 0) is 25.5 Å². The van der Waals surface area contributed by atoms with Crippen LogP contribution in [0.15, 0.2) is 48.8 Å². The number of ether oxygens (including phenoxy) is 5. The molecule has 0 fully saturated rings. The summed E-state index contributed by atoms with van der Waals surface area (Å²) in [5.41, 5.74) is 0.818. The number of carbonyl (C=O) groups is 2. The van der Waals surface area contributed by atoms with E-state index in [9.17, 15) is 31.5 Å². The summed E-state index contributed by atoms with van der Waals surface area (Å²) in [6.45, 7) is 4.20. The molecular formula is C32H32F5N3O7. The molecule has 0 saturated carbocycles. The summed E-state index contributed by atoms with van der Waals surface area (Å²) in [5.74, 6) is -5.56. The number of hydrogen-bond acceptors (Lipinski definition) is 10. The fourth-order valence-electron chi connectivity index (χ4n) is 4.36. The average molecular weight is 666 g/mol. The predicted octanol–water partition coefficient (Wildman–Crippen LogP) is 6.24. The number of benzene rings is 2. The number of pyridine rings is 2. The lowest BCUT2D eigenvalue weighted by Crippen LogP contribution is -2.20. The van der Waals surface area contributed by atoms with Gasteiger partial charge in [-0.25, -0.2) is 18.6 Å². The van der Waals surface area contributed by atoms with Gasteiger partial charge in [-0.1, -0.05) is 19.9 Å². The molecule has 2 aromatic heterocycles. The largest absolute Gasteiger partial charge is 0.573 e. The molecule has 2 aromatic carbocycles. The monoisotopic (exact) mass is 665 g/mol. The summed E-state index contributed by atoms with van der Waals surface area (Å²) in [6, 6.07) is 8.20. The first kappa shape index (κ1) is 35.2. The fourth-order valence-corrected chi connectivity index (χ4v) is 4.36. The molecule has 0 aliphatic rings. The highest BCUT2D eigenvalue weighted by Gasteiger charge is 2.34. The van der Waals surface area contributed by atoms with E-state index in [4.69, 9.17) is 18.9 Å². The third-order valence-corrected chi connectivity index (χ3v) is 6.62. The van der Waals surface area contributed by atoms with Crippen LogP contribution in [0.3, 0.4) is 0 Å². The van der Waals surface area contributed by atoms with E-state index in [0.717, 1.165) is 28.3 Å². The summed E-state index contributed by atoms with van der Waals surface area (Å²) in [5, 5.41) is 5.20. The molecule has 0 spiro atoms. The number of alkyl halides is 3. The second kappa shape index (κ2) is 16.3. The number of aromatic nitrogens is 2. The first-order valence-electron chi connectivity index (χ1n) is 14.6. The van der Waals surface area contributed by atoms with E-state index in [2.05, 4.69) is 20.0 Å². The van der Waals surface area contributed by atoms with Crippen molar-refractivity contribution >= 4 is 33.6 Å². The van der Waals surface area contributed by atoms with E-state index in [0.29, 0.717) is 37.4 Å². The Balaban J connectivity index is 1.21. The highest BCUT2D eigenvalue weighted by Crippen LogP contribution is 2.31. The van der Waals surface area contributed by atoms with Gasteiger partial charge in [-0.3, -0.25) is 9.78 Å². The number of halogens is 5.